The predicted molar refractivity (Wildman–Crippen MR) is 131 cm³/mol. The van der Waals surface area contributed by atoms with Crippen LogP contribution in [0.1, 0.15) is 41.3 Å². The van der Waals surface area contributed by atoms with Gasteiger partial charge in [0.05, 0.1) is 7.11 Å². The van der Waals surface area contributed by atoms with Gasteiger partial charge in [-0.3, -0.25) is 15.6 Å². The zero-order valence-corrected chi connectivity index (χ0v) is 19.2. The lowest BCUT2D eigenvalue weighted by atomic mass is 10.0. The van der Waals surface area contributed by atoms with Crippen molar-refractivity contribution in [3.05, 3.63) is 89.5 Å². The quantitative estimate of drug-likeness (QED) is 0.347. The molecule has 1 amide bonds. The van der Waals surface area contributed by atoms with Crippen LogP contribution >= 0.6 is 12.2 Å². The number of hydrogen-bond acceptors (Lipinski definition) is 4. The molecular weight excluding hydrogens is 422 g/mol. The second-order valence-corrected chi connectivity index (χ2v) is 7.89. The van der Waals surface area contributed by atoms with Crippen LogP contribution in [0.2, 0.25) is 0 Å². The third-order valence-electron chi connectivity index (χ3n) is 4.76. The molecule has 0 saturated carbocycles. The number of benzene rings is 3. The molecule has 3 N–H and O–H groups in total. The van der Waals surface area contributed by atoms with E-state index in [1.54, 1.807) is 25.3 Å². The van der Waals surface area contributed by atoms with Gasteiger partial charge in [-0.05, 0) is 65.7 Å². The molecule has 32 heavy (non-hydrogen) atoms. The van der Waals surface area contributed by atoms with Crippen LogP contribution in [-0.4, -0.2) is 18.1 Å². The lowest BCUT2D eigenvalue weighted by Gasteiger charge is -2.13. The Labute approximate surface area is 193 Å². The molecular formula is C25H27N3O3S. The third-order valence-corrected chi connectivity index (χ3v) is 4.96. The normalized spacial score (nSPS) is 10.4. The van der Waals surface area contributed by atoms with E-state index in [4.69, 9.17) is 21.7 Å². The van der Waals surface area contributed by atoms with Crippen LogP contribution in [0.25, 0.3) is 0 Å². The van der Waals surface area contributed by atoms with Gasteiger partial charge in [-0.1, -0.05) is 44.2 Å². The Kier molecular flexibility index (Phi) is 8.05. The summed E-state index contributed by atoms with van der Waals surface area (Å²) in [5.74, 6) is 1.67. The topological polar surface area (TPSA) is 71.6 Å². The summed E-state index contributed by atoms with van der Waals surface area (Å²) in [5.41, 5.74) is 8.71. The smallest absolute Gasteiger partial charge is 0.269 e. The number of ether oxygens (including phenoxy) is 2. The van der Waals surface area contributed by atoms with Gasteiger partial charge in [0.25, 0.3) is 5.91 Å². The van der Waals surface area contributed by atoms with Crippen LogP contribution in [0.4, 0.5) is 5.69 Å². The number of thiocarbonyl (C=S) groups is 1. The summed E-state index contributed by atoms with van der Waals surface area (Å²) in [5, 5.41) is 3.25. The van der Waals surface area contributed by atoms with Crippen molar-refractivity contribution < 1.29 is 14.3 Å². The number of hydrazine groups is 1. The van der Waals surface area contributed by atoms with Crippen molar-refractivity contribution in [3.63, 3.8) is 0 Å². The lowest BCUT2D eigenvalue weighted by molar-refractivity contribution is 0.0944. The Morgan fingerprint density at radius 1 is 0.938 bits per heavy atom. The zero-order chi connectivity index (χ0) is 22.9. The Bertz CT molecular complexity index is 1070. The standard InChI is InChI=1S/C25H27N3O3S/c1-17(2)19-10-12-22(13-11-19)31-16-18-6-4-7-20(14-18)24(29)27-28-25(32)26-21-8-5-9-23(15-21)30-3/h4-15,17H,16H2,1-3H3,(H,27,29)(H2,26,28,32). The molecule has 0 bridgehead atoms. The molecule has 0 spiro atoms. The van der Waals surface area contributed by atoms with E-state index >= 15 is 0 Å². The molecule has 0 saturated heterocycles. The SMILES string of the molecule is COc1cccc(NC(=S)NNC(=O)c2cccc(COc3ccc(C(C)C)cc3)c2)c1. The number of nitrogens with one attached hydrogen (secondary N) is 3. The third kappa shape index (κ3) is 6.72. The summed E-state index contributed by atoms with van der Waals surface area (Å²) in [6.45, 7) is 4.68. The molecule has 7 heteroatoms. The van der Waals surface area contributed by atoms with Crippen LogP contribution in [-0.2, 0) is 6.61 Å². The van der Waals surface area contributed by atoms with Crippen molar-refractivity contribution in [2.24, 2.45) is 0 Å². The van der Waals surface area contributed by atoms with E-state index in [-0.39, 0.29) is 11.0 Å². The second kappa shape index (κ2) is 11.2. The summed E-state index contributed by atoms with van der Waals surface area (Å²) in [7, 11) is 1.59. The van der Waals surface area contributed by atoms with Gasteiger partial charge in [-0.15, -0.1) is 0 Å². The maximum atomic E-state index is 12.5. The summed E-state index contributed by atoms with van der Waals surface area (Å²) in [6.07, 6.45) is 0. The Morgan fingerprint density at radius 2 is 1.69 bits per heavy atom. The van der Waals surface area contributed by atoms with Crippen molar-refractivity contribution in [3.8, 4) is 11.5 Å². The Balaban J connectivity index is 1.51. The van der Waals surface area contributed by atoms with E-state index in [1.807, 2.05) is 42.5 Å². The van der Waals surface area contributed by atoms with E-state index in [0.29, 0.717) is 23.8 Å². The van der Waals surface area contributed by atoms with E-state index in [9.17, 15) is 4.79 Å². The monoisotopic (exact) mass is 449 g/mol. The summed E-state index contributed by atoms with van der Waals surface area (Å²) in [4.78, 5) is 12.5. The molecule has 3 aromatic rings. The van der Waals surface area contributed by atoms with Gasteiger partial charge >= 0.3 is 0 Å². The van der Waals surface area contributed by atoms with Crippen LogP contribution in [0.5, 0.6) is 11.5 Å². The minimum atomic E-state index is -0.303. The number of carbonyl (C=O) groups is 1. The predicted octanol–water partition coefficient (Wildman–Crippen LogP) is 5.03. The van der Waals surface area contributed by atoms with Crippen LogP contribution in [0, 0.1) is 0 Å². The van der Waals surface area contributed by atoms with Gasteiger partial charge in [0.2, 0.25) is 0 Å². The maximum Gasteiger partial charge on any atom is 0.269 e. The highest BCUT2D eigenvalue weighted by atomic mass is 32.1. The van der Waals surface area contributed by atoms with Crippen LogP contribution < -0.4 is 25.6 Å². The van der Waals surface area contributed by atoms with Crippen molar-refractivity contribution in [1.82, 2.24) is 10.9 Å². The second-order valence-electron chi connectivity index (χ2n) is 7.48. The number of methoxy groups -OCH3 is 1. The highest BCUT2D eigenvalue weighted by Crippen LogP contribution is 2.20. The fraction of sp³-hybridized carbons (Fsp3) is 0.200. The minimum absolute atomic E-state index is 0.260. The first-order valence-corrected chi connectivity index (χ1v) is 10.7. The van der Waals surface area contributed by atoms with Gasteiger partial charge in [0.1, 0.15) is 18.1 Å². The van der Waals surface area contributed by atoms with Crippen LogP contribution in [0.3, 0.4) is 0 Å². The summed E-state index contributed by atoms with van der Waals surface area (Å²) < 4.78 is 11.0. The van der Waals surface area contributed by atoms with Crippen molar-refractivity contribution in [1.29, 1.82) is 0 Å². The summed E-state index contributed by atoms with van der Waals surface area (Å²) >= 11 is 5.23. The Hall–Kier alpha value is -3.58. The van der Waals surface area contributed by atoms with Gasteiger partial charge in [0.15, 0.2) is 5.11 Å². The molecule has 0 unspecified atom stereocenters. The van der Waals surface area contributed by atoms with Gasteiger partial charge in [-0.2, -0.15) is 0 Å². The molecule has 0 aliphatic rings. The molecule has 0 heterocycles. The lowest BCUT2D eigenvalue weighted by Crippen LogP contribution is -2.43. The largest absolute Gasteiger partial charge is 0.497 e. The number of hydrogen-bond donors (Lipinski definition) is 3. The molecule has 0 aliphatic carbocycles. The minimum Gasteiger partial charge on any atom is -0.497 e. The van der Waals surface area contributed by atoms with Gasteiger partial charge in [0, 0.05) is 17.3 Å². The average molecular weight is 450 g/mol. The first-order valence-electron chi connectivity index (χ1n) is 10.3. The molecule has 166 valence electrons. The molecule has 0 fully saturated rings. The first-order chi connectivity index (χ1) is 15.4. The average Bonchev–Trinajstić information content (AvgIpc) is 2.81. The number of anilines is 1. The van der Waals surface area contributed by atoms with Gasteiger partial charge < -0.3 is 14.8 Å². The number of rotatable bonds is 7. The fourth-order valence-corrected chi connectivity index (χ4v) is 3.14. The molecule has 3 aromatic carbocycles. The molecule has 0 aliphatic heterocycles. The highest BCUT2D eigenvalue weighted by Gasteiger charge is 2.08. The molecule has 0 atom stereocenters. The van der Waals surface area contributed by atoms with E-state index in [0.717, 1.165) is 17.0 Å². The maximum absolute atomic E-state index is 12.5. The molecule has 6 nitrogen and oxygen atoms in total. The van der Waals surface area contributed by atoms with E-state index < -0.39 is 0 Å². The molecule has 0 radical (unpaired) electrons. The highest BCUT2D eigenvalue weighted by molar-refractivity contribution is 7.80. The zero-order valence-electron chi connectivity index (χ0n) is 18.3. The first kappa shape index (κ1) is 23.1. The van der Waals surface area contributed by atoms with Crippen LogP contribution in [0.15, 0.2) is 72.8 Å². The Morgan fingerprint density at radius 3 is 2.41 bits per heavy atom. The van der Waals surface area contributed by atoms with Crippen molar-refractivity contribution in [2.45, 2.75) is 26.4 Å². The van der Waals surface area contributed by atoms with Crippen molar-refractivity contribution >= 4 is 28.9 Å². The molecule has 0 aromatic heterocycles. The number of carbonyl (C=O) groups excluding carboxylic acids is 1. The van der Waals surface area contributed by atoms with E-state index in [2.05, 4.69) is 42.1 Å². The molecule has 3 rings (SSSR count). The number of amides is 1. The van der Waals surface area contributed by atoms with Crippen molar-refractivity contribution in [2.75, 3.05) is 12.4 Å². The summed E-state index contributed by atoms with van der Waals surface area (Å²) in [6, 6.07) is 22.6. The van der Waals surface area contributed by atoms with Gasteiger partial charge in [-0.25, -0.2) is 0 Å². The fourth-order valence-electron chi connectivity index (χ4n) is 2.97. The van der Waals surface area contributed by atoms with E-state index in [1.165, 1.54) is 5.56 Å².